The normalized spacial score (nSPS) is 13.7. The van der Waals surface area contributed by atoms with Crippen molar-refractivity contribution in [3.8, 4) is 5.75 Å². The lowest BCUT2D eigenvalue weighted by Crippen LogP contribution is -2.33. The number of hydrogen-bond donors (Lipinski definition) is 2. The third kappa shape index (κ3) is 5.17. The van der Waals surface area contributed by atoms with E-state index in [-0.39, 0.29) is 5.91 Å². The number of carbonyl (C=O) groups excluding carboxylic acids is 1. The van der Waals surface area contributed by atoms with Gasteiger partial charge in [-0.1, -0.05) is 19.9 Å². The van der Waals surface area contributed by atoms with Crippen LogP contribution < -0.4 is 15.8 Å². The summed E-state index contributed by atoms with van der Waals surface area (Å²) in [5.41, 5.74) is 10.3. The zero-order valence-electron chi connectivity index (χ0n) is 19.4. The van der Waals surface area contributed by atoms with Crippen molar-refractivity contribution in [2.75, 3.05) is 24.7 Å². The summed E-state index contributed by atoms with van der Waals surface area (Å²) in [5, 5.41) is 3.40. The highest BCUT2D eigenvalue weighted by Gasteiger charge is 2.24. The molecule has 0 bridgehead atoms. The fourth-order valence-electron chi connectivity index (χ4n) is 3.70. The van der Waals surface area contributed by atoms with Gasteiger partial charge in [-0.15, -0.1) is 11.3 Å². The fourth-order valence-corrected chi connectivity index (χ4v) is 4.72. The van der Waals surface area contributed by atoms with E-state index < -0.39 is 0 Å². The highest BCUT2D eigenvalue weighted by atomic mass is 32.1. The van der Waals surface area contributed by atoms with Crippen molar-refractivity contribution < 1.29 is 9.53 Å². The van der Waals surface area contributed by atoms with Crippen LogP contribution in [0.5, 0.6) is 5.75 Å². The van der Waals surface area contributed by atoms with Crippen LogP contribution in [-0.2, 0) is 13.0 Å². The number of anilines is 2. The van der Waals surface area contributed by atoms with Gasteiger partial charge in [-0.3, -0.25) is 4.79 Å². The van der Waals surface area contributed by atoms with Gasteiger partial charge < -0.3 is 20.7 Å². The van der Waals surface area contributed by atoms with Crippen LogP contribution in [0.25, 0.3) is 0 Å². The molecule has 7 nitrogen and oxygen atoms in total. The van der Waals surface area contributed by atoms with Gasteiger partial charge >= 0.3 is 0 Å². The lowest BCUT2D eigenvalue weighted by Gasteiger charge is -2.27. The van der Waals surface area contributed by atoms with Crippen LogP contribution >= 0.6 is 11.3 Å². The van der Waals surface area contributed by atoms with Crippen LogP contribution in [0.1, 0.15) is 52.6 Å². The summed E-state index contributed by atoms with van der Waals surface area (Å²) in [6.45, 7) is 7.73. The second-order valence-electron chi connectivity index (χ2n) is 8.37. The van der Waals surface area contributed by atoms with E-state index in [1.165, 1.54) is 11.3 Å². The molecule has 172 valence electrons. The van der Waals surface area contributed by atoms with Gasteiger partial charge in [-0.2, -0.15) is 0 Å². The van der Waals surface area contributed by atoms with Crippen molar-refractivity contribution in [2.45, 2.75) is 39.7 Å². The summed E-state index contributed by atoms with van der Waals surface area (Å²) in [5.74, 6) is 1.87. The number of benzene rings is 2. The molecule has 1 aliphatic rings. The van der Waals surface area contributed by atoms with Gasteiger partial charge in [-0.25, -0.2) is 9.98 Å². The molecule has 0 unspecified atom stereocenters. The maximum atomic E-state index is 12.9. The monoisotopic (exact) mass is 463 g/mol. The van der Waals surface area contributed by atoms with Gasteiger partial charge in [0.1, 0.15) is 11.6 Å². The highest BCUT2D eigenvalue weighted by molar-refractivity contribution is 7.13. The molecule has 2 aromatic carbocycles. The Labute approximate surface area is 198 Å². The van der Waals surface area contributed by atoms with E-state index in [2.05, 4.69) is 29.0 Å². The third-order valence-corrected chi connectivity index (χ3v) is 6.82. The molecule has 0 aliphatic carbocycles. The number of ether oxygens (including phenoxy) is 1. The van der Waals surface area contributed by atoms with Gasteiger partial charge in [0.25, 0.3) is 5.91 Å². The second-order valence-corrected chi connectivity index (χ2v) is 9.46. The van der Waals surface area contributed by atoms with Crippen LogP contribution in [0.2, 0.25) is 0 Å². The number of nitrogen functional groups attached to an aromatic ring is 1. The molecule has 1 amide bonds. The topological polar surface area (TPSA) is 92.8 Å². The molecule has 8 heteroatoms. The Morgan fingerprint density at radius 1 is 1.24 bits per heavy atom. The summed E-state index contributed by atoms with van der Waals surface area (Å²) in [4.78, 5) is 25.6. The first-order valence-corrected chi connectivity index (χ1v) is 11.8. The Morgan fingerprint density at radius 3 is 2.70 bits per heavy atom. The van der Waals surface area contributed by atoms with Crippen molar-refractivity contribution in [1.29, 1.82) is 0 Å². The first-order chi connectivity index (χ1) is 15.8. The Morgan fingerprint density at radius 2 is 2.00 bits per heavy atom. The van der Waals surface area contributed by atoms with Crippen molar-refractivity contribution in [3.05, 3.63) is 63.6 Å². The molecule has 0 atom stereocenters. The summed E-state index contributed by atoms with van der Waals surface area (Å²) < 4.78 is 5.21. The number of rotatable bonds is 5. The largest absolute Gasteiger partial charge is 0.497 e. The minimum atomic E-state index is -0.225. The van der Waals surface area contributed by atoms with Crippen molar-refractivity contribution in [2.24, 2.45) is 4.99 Å². The summed E-state index contributed by atoms with van der Waals surface area (Å²) in [7, 11) is 1.65. The Balaban J connectivity index is 1.47. The number of methoxy groups -OCH3 is 1. The van der Waals surface area contributed by atoms with Gasteiger partial charge in [0.05, 0.1) is 36.4 Å². The number of nitrogens with one attached hydrogen (secondary N) is 1. The Bertz CT molecular complexity index is 1180. The number of nitrogens with zero attached hydrogens (tertiary/aromatic N) is 3. The van der Waals surface area contributed by atoms with Crippen LogP contribution in [0, 0.1) is 0 Å². The molecule has 0 saturated heterocycles. The SMILES string of the molecule is COc1ccc(/N=C(\C)N2CCc3nc(C(=O)Nc4cc(C(C)C)ccc4N)sc3C2)cc1. The molecule has 2 heterocycles. The minimum Gasteiger partial charge on any atom is -0.497 e. The Kier molecular flexibility index (Phi) is 6.65. The number of aliphatic imine (C=N–C) groups is 1. The first-order valence-electron chi connectivity index (χ1n) is 11.0. The molecule has 0 fully saturated rings. The van der Waals surface area contributed by atoms with Crippen LogP contribution in [-0.4, -0.2) is 35.3 Å². The van der Waals surface area contributed by atoms with E-state index in [4.69, 9.17) is 15.5 Å². The number of aromatic nitrogens is 1. The number of thiazole rings is 1. The van der Waals surface area contributed by atoms with Gasteiger partial charge in [-0.05, 0) is 54.8 Å². The average molecular weight is 464 g/mol. The first kappa shape index (κ1) is 22.8. The standard InChI is InChI=1S/C25H29N5O2S/c1-15(2)17-5-10-20(26)22(13-17)28-24(31)25-29-21-11-12-30(14-23(21)33-25)16(3)27-18-6-8-19(32-4)9-7-18/h5-10,13,15H,11-12,14,26H2,1-4H3,(H,28,31)/b27-16+. The number of amidine groups is 1. The molecule has 0 spiro atoms. The van der Waals surface area contributed by atoms with E-state index in [0.717, 1.165) is 46.4 Å². The second kappa shape index (κ2) is 9.62. The van der Waals surface area contributed by atoms with Gasteiger partial charge in [0.2, 0.25) is 0 Å². The smallest absolute Gasteiger partial charge is 0.284 e. The molecular weight excluding hydrogens is 434 g/mol. The molecule has 3 aromatic rings. The number of carbonyl (C=O) groups is 1. The van der Waals surface area contributed by atoms with Crippen molar-refractivity contribution in [3.63, 3.8) is 0 Å². The zero-order valence-corrected chi connectivity index (χ0v) is 20.2. The summed E-state index contributed by atoms with van der Waals surface area (Å²) in [6, 6.07) is 13.4. The van der Waals surface area contributed by atoms with Crippen molar-refractivity contribution >= 4 is 40.1 Å². The summed E-state index contributed by atoms with van der Waals surface area (Å²) >= 11 is 1.43. The lowest BCUT2D eigenvalue weighted by atomic mass is 10.0. The molecule has 1 aliphatic heterocycles. The van der Waals surface area contributed by atoms with Crippen molar-refractivity contribution in [1.82, 2.24) is 9.88 Å². The molecule has 0 saturated carbocycles. The maximum absolute atomic E-state index is 12.9. The quantitative estimate of drug-likeness (QED) is 0.307. The Hall–Kier alpha value is -3.39. The van der Waals surface area contributed by atoms with Gasteiger partial charge in [0.15, 0.2) is 5.01 Å². The maximum Gasteiger partial charge on any atom is 0.284 e. The number of nitrogens with two attached hydrogens (primary N) is 1. The molecule has 3 N–H and O–H groups in total. The number of fused-ring (bicyclic) bond motifs is 1. The fraction of sp³-hybridized carbons (Fsp3) is 0.320. The van der Waals surface area contributed by atoms with Crippen LogP contribution in [0.15, 0.2) is 47.5 Å². The summed E-state index contributed by atoms with van der Waals surface area (Å²) in [6.07, 6.45) is 0.777. The molecule has 33 heavy (non-hydrogen) atoms. The van der Waals surface area contributed by atoms with Crippen LogP contribution in [0.4, 0.5) is 17.1 Å². The third-order valence-electron chi connectivity index (χ3n) is 5.74. The predicted octanol–water partition coefficient (Wildman–Crippen LogP) is 5.22. The van der Waals surface area contributed by atoms with E-state index in [9.17, 15) is 4.79 Å². The molecule has 1 aromatic heterocycles. The number of hydrogen-bond acceptors (Lipinski definition) is 6. The molecular formula is C25H29N5O2S. The van der Waals surface area contributed by atoms with Gasteiger partial charge in [0, 0.05) is 17.8 Å². The van der Waals surface area contributed by atoms with E-state index >= 15 is 0 Å². The minimum absolute atomic E-state index is 0.225. The lowest BCUT2D eigenvalue weighted by molar-refractivity contribution is 0.102. The molecule has 4 rings (SSSR count). The van der Waals surface area contributed by atoms with Crippen LogP contribution in [0.3, 0.4) is 0 Å². The average Bonchev–Trinajstić information content (AvgIpc) is 3.24. The zero-order chi connectivity index (χ0) is 23.5. The van der Waals surface area contributed by atoms with E-state index in [1.54, 1.807) is 7.11 Å². The van der Waals surface area contributed by atoms with E-state index in [1.807, 2.05) is 49.4 Å². The number of amides is 1. The predicted molar refractivity (Wildman–Crippen MR) is 135 cm³/mol. The van der Waals surface area contributed by atoms with E-state index in [0.29, 0.717) is 28.8 Å². The highest BCUT2D eigenvalue weighted by Crippen LogP contribution is 2.29. The molecule has 0 radical (unpaired) electrons.